The van der Waals surface area contributed by atoms with Gasteiger partial charge in [-0.25, -0.2) is 0 Å². The molecule has 2 heterocycles. The Hall–Kier alpha value is -0.550. The van der Waals surface area contributed by atoms with Crippen LogP contribution in [0, 0.1) is 0 Å². The molecule has 0 aromatic carbocycles. The molecule has 4 nitrogen and oxygen atoms in total. The van der Waals surface area contributed by atoms with Gasteiger partial charge in [0.15, 0.2) is 5.82 Å². The molecule has 1 aromatic heterocycles. The van der Waals surface area contributed by atoms with Crippen LogP contribution < -0.4 is 5.73 Å². The van der Waals surface area contributed by atoms with Gasteiger partial charge in [-0.05, 0) is 31.9 Å². The first kappa shape index (κ1) is 12.9. The van der Waals surface area contributed by atoms with Crippen LogP contribution in [0.4, 0.5) is 0 Å². The maximum atomic E-state index is 5.93. The third-order valence-corrected chi connectivity index (χ3v) is 4.69. The van der Waals surface area contributed by atoms with E-state index in [0.29, 0.717) is 11.1 Å². The molecule has 0 aliphatic carbocycles. The summed E-state index contributed by atoms with van der Waals surface area (Å²) in [7, 11) is 0. The predicted molar refractivity (Wildman–Crippen MR) is 70.0 cm³/mol. The predicted octanol–water partition coefficient (Wildman–Crippen LogP) is 2.87. The molecule has 0 bridgehead atoms. The van der Waals surface area contributed by atoms with Gasteiger partial charge in [-0.2, -0.15) is 16.7 Å². The minimum absolute atomic E-state index is 0.0623. The van der Waals surface area contributed by atoms with Crippen molar-refractivity contribution in [3.05, 3.63) is 11.7 Å². The molecule has 0 spiro atoms. The Morgan fingerprint density at radius 2 is 2.35 bits per heavy atom. The molecule has 1 aliphatic rings. The molecule has 2 rings (SSSR count). The van der Waals surface area contributed by atoms with Gasteiger partial charge in [-0.1, -0.05) is 18.5 Å². The molecule has 1 saturated heterocycles. The summed E-state index contributed by atoms with van der Waals surface area (Å²) in [5.41, 5.74) is 5.93. The Kier molecular flexibility index (Phi) is 4.45. The SMILES string of the molecule is CCC(c1nc(C2CCCCS2)no1)C(C)N. The molecule has 3 atom stereocenters. The smallest absolute Gasteiger partial charge is 0.231 e. The Balaban J connectivity index is 2.08. The average molecular weight is 255 g/mol. The molecule has 1 fully saturated rings. The fourth-order valence-electron chi connectivity index (χ4n) is 2.24. The standard InChI is InChI=1S/C12H21N3OS/c1-3-9(8(2)13)12-14-11(15-16-12)10-6-4-5-7-17-10/h8-10H,3-7,13H2,1-2H3. The minimum atomic E-state index is 0.0623. The third kappa shape index (κ3) is 3.01. The monoisotopic (exact) mass is 255 g/mol. The van der Waals surface area contributed by atoms with Gasteiger partial charge < -0.3 is 10.3 Å². The van der Waals surface area contributed by atoms with Gasteiger partial charge in [0.2, 0.25) is 5.89 Å². The van der Waals surface area contributed by atoms with Crippen LogP contribution >= 0.6 is 11.8 Å². The van der Waals surface area contributed by atoms with E-state index >= 15 is 0 Å². The first-order valence-corrected chi connectivity index (χ1v) is 7.48. The van der Waals surface area contributed by atoms with Crippen LogP contribution in [-0.2, 0) is 0 Å². The molecule has 3 unspecified atom stereocenters. The molecule has 5 heteroatoms. The highest BCUT2D eigenvalue weighted by molar-refractivity contribution is 7.99. The van der Waals surface area contributed by atoms with Crippen LogP contribution in [-0.4, -0.2) is 21.9 Å². The summed E-state index contributed by atoms with van der Waals surface area (Å²) in [6.45, 7) is 4.10. The summed E-state index contributed by atoms with van der Waals surface area (Å²) >= 11 is 1.94. The number of hydrogen-bond acceptors (Lipinski definition) is 5. The molecule has 96 valence electrons. The van der Waals surface area contributed by atoms with Crippen molar-refractivity contribution in [3.8, 4) is 0 Å². The normalized spacial score (nSPS) is 24.5. The van der Waals surface area contributed by atoms with E-state index in [1.54, 1.807) is 0 Å². The second-order valence-corrected chi connectivity index (χ2v) is 6.03. The molecule has 1 aliphatic heterocycles. The van der Waals surface area contributed by atoms with Crippen molar-refractivity contribution in [2.24, 2.45) is 5.73 Å². The van der Waals surface area contributed by atoms with E-state index in [-0.39, 0.29) is 12.0 Å². The van der Waals surface area contributed by atoms with E-state index < -0.39 is 0 Å². The molecular formula is C12H21N3OS. The number of hydrogen-bond donors (Lipinski definition) is 1. The van der Waals surface area contributed by atoms with Gasteiger partial charge in [-0.15, -0.1) is 0 Å². The zero-order valence-corrected chi connectivity index (χ0v) is 11.4. The minimum Gasteiger partial charge on any atom is -0.339 e. The summed E-state index contributed by atoms with van der Waals surface area (Å²) in [6.07, 6.45) is 4.69. The van der Waals surface area contributed by atoms with Gasteiger partial charge in [0.25, 0.3) is 0 Å². The van der Waals surface area contributed by atoms with E-state index in [0.717, 1.165) is 12.2 Å². The molecular weight excluding hydrogens is 234 g/mol. The largest absolute Gasteiger partial charge is 0.339 e. The number of thioether (sulfide) groups is 1. The number of aromatic nitrogens is 2. The Morgan fingerprint density at radius 3 is 2.94 bits per heavy atom. The fourth-order valence-corrected chi connectivity index (χ4v) is 3.48. The van der Waals surface area contributed by atoms with Crippen LogP contribution in [0.3, 0.4) is 0 Å². The average Bonchev–Trinajstić information content (AvgIpc) is 2.80. The lowest BCUT2D eigenvalue weighted by Crippen LogP contribution is -2.24. The quantitative estimate of drug-likeness (QED) is 0.896. The molecule has 0 saturated carbocycles. The molecule has 17 heavy (non-hydrogen) atoms. The number of rotatable bonds is 4. The van der Waals surface area contributed by atoms with Crippen LogP contribution in [0.25, 0.3) is 0 Å². The first-order chi connectivity index (χ1) is 8.22. The van der Waals surface area contributed by atoms with E-state index in [9.17, 15) is 0 Å². The van der Waals surface area contributed by atoms with Crippen molar-refractivity contribution in [3.63, 3.8) is 0 Å². The van der Waals surface area contributed by atoms with Crippen LogP contribution in [0.15, 0.2) is 4.52 Å². The van der Waals surface area contributed by atoms with Crippen LogP contribution in [0.2, 0.25) is 0 Å². The lowest BCUT2D eigenvalue weighted by Gasteiger charge is -2.17. The second kappa shape index (κ2) is 5.87. The van der Waals surface area contributed by atoms with Gasteiger partial charge in [0.05, 0.1) is 11.2 Å². The van der Waals surface area contributed by atoms with Gasteiger partial charge in [0.1, 0.15) is 0 Å². The highest BCUT2D eigenvalue weighted by Gasteiger charge is 2.25. The van der Waals surface area contributed by atoms with Gasteiger partial charge >= 0.3 is 0 Å². The first-order valence-electron chi connectivity index (χ1n) is 6.43. The maximum Gasteiger partial charge on any atom is 0.231 e. The zero-order chi connectivity index (χ0) is 12.3. The molecule has 1 aromatic rings. The van der Waals surface area contributed by atoms with Crippen molar-refractivity contribution in [1.82, 2.24) is 10.1 Å². The third-order valence-electron chi connectivity index (χ3n) is 3.32. The van der Waals surface area contributed by atoms with E-state index in [2.05, 4.69) is 17.1 Å². The topological polar surface area (TPSA) is 64.9 Å². The van der Waals surface area contributed by atoms with Crippen molar-refractivity contribution < 1.29 is 4.52 Å². The van der Waals surface area contributed by atoms with Crippen LogP contribution in [0.5, 0.6) is 0 Å². The Morgan fingerprint density at radius 1 is 1.53 bits per heavy atom. The fraction of sp³-hybridized carbons (Fsp3) is 0.833. The van der Waals surface area contributed by atoms with E-state index in [4.69, 9.17) is 10.3 Å². The summed E-state index contributed by atoms with van der Waals surface area (Å²) < 4.78 is 5.38. The van der Waals surface area contributed by atoms with E-state index in [1.165, 1.54) is 25.0 Å². The lowest BCUT2D eigenvalue weighted by molar-refractivity contribution is 0.330. The second-order valence-electron chi connectivity index (χ2n) is 4.72. The zero-order valence-electron chi connectivity index (χ0n) is 10.6. The van der Waals surface area contributed by atoms with Crippen molar-refractivity contribution >= 4 is 11.8 Å². The van der Waals surface area contributed by atoms with Gasteiger partial charge in [0, 0.05) is 6.04 Å². The lowest BCUT2D eigenvalue weighted by atomic mass is 9.99. The summed E-state index contributed by atoms with van der Waals surface area (Å²) in [6, 6.07) is 0.0623. The maximum absolute atomic E-state index is 5.93. The van der Waals surface area contributed by atoms with Crippen LogP contribution in [0.1, 0.15) is 62.4 Å². The molecule has 0 radical (unpaired) electrons. The van der Waals surface area contributed by atoms with Crippen molar-refractivity contribution in [2.75, 3.05) is 5.75 Å². The summed E-state index contributed by atoms with van der Waals surface area (Å²) in [4.78, 5) is 4.55. The highest BCUT2D eigenvalue weighted by Crippen LogP contribution is 2.37. The van der Waals surface area contributed by atoms with Crippen molar-refractivity contribution in [1.29, 1.82) is 0 Å². The van der Waals surface area contributed by atoms with Gasteiger partial charge in [-0.3, -0.25) is 0 Å². The summed E-state index contributed by atoms with van der Waals surface area (Å²) in [5, 5.41) is 4.55. The van der Waals surface area contributed by atoms with E-state index in [1.807, 2.05) is 18.7 Å². The Bertz CT molecular complexity index is 347. The molecule has 0 amide bonds. The number of nitrogens with two attached hydrogens (primary N) is 1. The van der Waals surface area contributed by atoms with Crippen molar-refractivity contribution in [2.45, 2.75) is 56.7 Å². The summed E-state index contributed by atoms with van der Waals surface area (Å²) in [5.74, 6) is 2.97. The number of nitrogens with zero attached hydrogens (tertiary/aromatic N) is 2. The Labute approximate surface area is 107 Å². The highest BCUT2D eigenvalue weighted by atomic mass is 32.2. The molecule has 2 N–H and O–H groups in total.